The Morgan fingerprint density at radius 2 is 2.07 bits per heavy atom. The zero-order chi connectivity index (χ0) is 10.1. The summed E-state index contributed by atoms with van der Waals surface area (Å²) in [7, 11) is 0. The normalized spacial score (nSPS) is 25.7. The van der Waals surface area contributed by atoms with Crippen LogP contribution >= 0.6 is 0 Å². The Hall–Kier alpha value is -1.45. The zero-order valence-corrected chi connectivity index (χ0v) is 8.34. The molecule has 0 aromatic carbocycles. The van der Waals surface area contributed by atoms with Crippen molar-refractivity contribution in [2.45, 2.75) is 19.9 Å². The van der Waals surface area contributed by atoms with Gasteiger partial charge in [-0.25, -0.2) is 9.97 Å². The number of anilines is 1. The average Bonchev–Trinajstić information content (AvgIpc) is 2.25. The molecule has 1 aliphatic rings. The molecule has 0 aliphatic carbocycles. The van der Waals surface area contributed by atoms with E-state index in [0.29, 0.717) is 17.5 Å². The lowest BCUT2D eigenvalue weighted by Gasteiger charge is -2.44. The number of carbonyl (C=O) groups excluding carboxylic acids is 1. The molecular weight excluding hydrogens is 178 g/mol. The van der Waals surface area contributed by atoms with E-state index in [0.717, 1.165) is 18.8 Å². The molecule has 0 radical (unpaired) electrons. The Kier molecular flexibility index (Phi) is 2.19. The molecule has 1 aromatic rings. The molecule has 0 bridgehead atoms. The first kappa shape index (κ1) is 9.12. The molecule has 1 saturated heterocycles. The number of rotatable bonds is 2. The summed E-state index contributed by atoms with van der Waals surface area (Å²) in [6, 6.07) is 0.497. The highest BCUT2D eigenvalue weighted by molar-refractivity contribution is 5.73. The Bertz CT molecular complexity index is 336. The van der Waals surface area contributed by atoms with Crippen LogP contribution in [0.15, 0.2) is 12.4 Å². The second kappa shape index (κ2) is 3.36. The van der Waals surface area contributed by atoms with Crippen LogP contribution < -0.4 is 4.90 Å². The molecule has 2 atom stereocenters. The van der Waals surface area contributed by atoms with Crippen molar-refractivity contribution in [2.75, 3.05) is 11.4 Å². The lowest BCUT2D eigenvalue weighted by Crippen LogP contribution is -2.54. The quantitative estimate of drug-likeness (QED) is 0.657. The van der Waals surface area contributed by atoms with Crippen molar-refractivity contribution in [2.24, 2.45) is 5.92 Å². The molecule has 0 amide bonds. The maximum atomic E-state index is 10.4. The summed E-state index contributed by atoms with van der Waals surface area (Å²) < 4.78 is 0. The van der Waals surface area contributed by atoms with E-state index in [1.165, 1.54) is 0 Å². The van der Waals surface area contributed by atoms with Crippen LogP contribution in [0.5, 0.6) is 0 Å². The fourth-order valence-electron chi connectivity index (χ4n) is 1.60. The molecule has 74 valence electrons. The van der Waals surface area contributed by atoms with E-state index in [-0.39, 0.29) is 0 Å². The monoisotopic (exact) mass is 191 g/mol. The number of carbonyl (C=O) groups is 1. The van der Waals surface area contributed by atoms with Gasteiger partial charge in [-0.3, -0.25) is 4.79 Å². The Morgan fingerprint density at radius 3 is 2.50 bits per heavy atom. The van der Waals surface area contributed by atoms with Crippen molar-refractivity contribution >= 4 is 12.2 Å². The van der Waals surface area contributed by atoms with Crippen LogP contribution in [0.4, 0.5) is 5.95 Å². The van der Waals surface area contributed by atoms with Gasteiger partial charge in [0.05, 0.1) is 5.56 Å². The van der Waals surface area contributed by atoms with Crippen molar-refractivity contribution in [3.8, 4) is 0 Å². The summed E-state index contributed by atoms with van der Waals surface area (Å²) in [5, 5.41) is 0. The smallest absolute Gasteiger partial charge is 0.225 e. The third-order valence-electron chi connectivity index (χ3n) is 2.85. The van der Waals surface area contributed by atoms with Crippen LogP contribution in [-0.2, 0) is 0 Å². The number of hydrogen-bond donors (Lipinski definition) is 0. The van der Waals surface area contributed by atoms with Crippen molar-refractivity contribution in [3.63, 3.8) is 0 Å². The fourth-order valence-corrected chi connectivity index (χ4v) is 1.60. The van der Waals surface area contributed by atoms with Gasteiger partial charge >= 0.3 is 0 Å². The lowest BCUT2D eigenvalue weighted by molar-refractivity contribution is 0.112. The van der Waals surface area contributed by atoms with E-state index in [4.69, 9.17) is 0 Å². The standard InChI is InChI=1S/C10H13N3O/c1-7-5-13(8(7)2)10-11-3-9(6-14)4-12-10/h3-4,6-8H,5H2,1-2H3. The Labute approximate surface area is 83.0 Å². The summed E-state index contributed by atoms with van der Waals surface area (Å²) in [4.78, 5) is 20.8. The molecule has 4 nitrogen and oxygen atoms in total. The van der Waals surface area contributed by atoms with Crippen LogP contribution in [0, 0.1) is 5.92 Å². The summed E-state index contributed by atoms with van der Waals surface area (Å²) in [6.07, 6.45) is 3.88. The summed E-state index contributed by atoms with van der Waals surface area (Å²) >= 11 is 0. The van der Waals surface area contributed by atoms with Crippen molar-refractivity contribution in [1.29, 1.82) is 0 Å². The minimum absolute atomic E-state index is 0.497. The zero-order valence-electron chi connectivity index (χ0n) is 8.34. The second-order valence-electron chi connectivity index (χ2n) is 3.80. The highest BCUT2D eigenvalue weighted by Crippen LogP contribution is 2.27. The van der Waals surface area contributed by atoms with E-state index in [1.807, 2.05) is 0 Å². The van der Waals surface area contributed by atoms with Crippen LogP contribution in [0.25, 0.3) is 0 Å². The Balaban J connectivity index is 2.14. The number of aldehydes is 1. The first-order valence-electron chi connectivity index (χ1n) is 4.76. The van der Waals surface area contributed by atoms with Crippen LogP contribution in [0.1, 0.15) is 24.2 Å². The minimum atomic E-state index is 0.497. The highest BCUT2D eigenvalue weighted by Gasteiger charge is 2.33. The highest BCUT2D eigenvalue weighted by atomic mass is 16.1. The van der Waals surface area contributed by atoms with Crippen molar-refractivity contribution < 1.29 is 4.79 Å². The molecule has 2 unspecified atom stereocenters. The minimum Gasteiger partial charge on any atom is -0.337 e. The predicted molar refractivity (Wildman–Crippen MR) is 53.4 cm³/mol. The van der Waals surface area contributed by atoms with Gasteiger partial charge < -0.3 is 4.90 Å². The molecule has 1 aromatic heterocycles. The van der Waals surface area contributed by atoms with Gasteiger partial charge in [-0.15, -0.1) is 0 Å². The summed E-state index contributed by atoms with van der Waals surface area (Å²) in [6.45, 7) is 5.37. The molecule has 0 spiro atoms. The van der Waals surface area contributed by atoms with Gasteiger partial charge in [0.1, 0.15) is 0 Å². The van der Waals surface area contributed by atoms with E-state index in [1.54, 1.807) is 12.4 Å². The fraction of sp³-hybridized carbons (Fsp3) is 0.500. The van der Waals surface area contributed by atoms with Gasteiger partial charge in [-0.2, -0.15) is 0 Å². The predicted octanol–water partition coefficient (Wildman–Crippen LogP) is 1.13. The lowest BCUT2D eigenvalue weighted by atomic mass is 9.93. The van der Waals surface area contributed by atoms with Crippen molar-refractivity contribution in [1.82, 2.24) is 9.97 Å². The van der Waals surface area contributed by atoms with Crippen LogP contribution in [0.2, 0.25) is 0 Å². The van der Waals surface area contributed by atoms with Crippen LogP contribution in [0.3, 0.4) is 0 Å². The molecular formula is C10H13N3O. The topological polar surface area (TPSA) is 46.1 Å². The second-order valence-corrected chi connectivity index (χ2v) is 3.80. The van der Waals surface area contributed by atoms with Gasteiger partial charge in [0.2, 0.25) is 5.95 Å². The molecule has 14 heavy (non-hydrogen) atoms. The van der Waals surface area contributed by atoms with Gasteiger partial charge in [-0.05, 0) is 12.8 Å². The largest absolute Gasteiger partial charge is 0.337 e. The SMILES string of the molecule is CC1CN(c2ncc(C=O)cn2)C1C. The molecule has 2 heterocycles. The van der Waals surface area contributed by atoms with Gasteiger partial charge in [0.15, 0.2) is 6.29 Å². The molecule has 0 N–H and O–H groups in total. The van der Waals surface area contributed by atoms with Crippen LogP contribution in [-0.4, -0.2) is 28.8 Å². The number of nitrogens with zero attached hydrogens (tertiary/aromatic N) is 3. The number of hydrogen-bond acceptors (Lipinski definition) is 4. The third kappa shape index (κ3) is 1.36. The van der Waals surface area contributed by atoms with Gasteiger partial charge in [0, 0.05) is 25.0 Å². The molecule has 1 aliphatic heterocycles. The summed E-state index contributed by atoms with van der Waals surface area (Å²) in [5.41, 5.74) is 0.523. The summed E-state index contributed by atoms with van der Waals surface area (Å²) in [5.74, 6) is 1.42. The average molecular weight is 191 g/mol. The Morgan fingerprint density at radius 1 is 1.43 bits per heavy atom. The number of aromatic nitrogens is 2. The van der Waals surface area contributed by atoms with Gasteiger partial charge in [-0.1, -0.05) is 6.92 Å². The van der Waals surface area contributed by atoms with Gasteiger partial charge in [0.25, 0.3) is 0 Å². The van der Waals surface area contributed by atoms with E-state index < -0.39 is 0 Å². The molecule has 4 heteroatoms. The molecule has 2 rings (SSSR count). The first-order chi connectivity index (χ1) is 6.72. The van der Waals surface area contributed by atoms with E-state index >= 15 is 0 Å². The maximum absolute atomic E-state index is 10.4. The molecule has 1 fully saturated rings. The third-order valence-corrected chi connectivity index (χ3v) is 2.85. The maximum Gasteiger partial charge on any atom is 0.225 e. The van der Waals surface area contributed by atoms with E-state index in [9.17, 15) is 4.79 Å². The van der Waals surface area contributed by atoms with E-state index in [2.05, 4.69) is 28.7 Å². The molecule has 0 saturated carbocycles. The van der Waals surface area contributed by atoms with Crippen molar-refractivity contribution in [3.05, 3.63) is 18.0 Å². The first-order valence-corrected chi connectivity index (χ1v) is 4.76.